The van der Waals surface area contributed by atoms with Crippen molar-refractivity contribution < 1.29 is 4.74 Å². The summed E-state index contributed by atoms with van der Waals surface area (Å²) >= 11 is 12.5. The van der Waals surface area contributed by atoms with Gasteiger partial charge >= 0.3 is 0 Å². The zero-order valence-electron chi connectivity index (χ0n) is 8.72. The van der Waals surface area contributed by atoms with Crippen molar-refractivity contribution in [3.05, 3.63) is 45.4 Å². The fourth-order valence-corrected chi connectivity index (χ4v) is 2.39. The van der Waals surface area contributed by atoms with Gasteiger partial charge in [-0.15, -0.1) is 11.3 Å². The predicted octanol–water partition coefficient (Wildman–Crippen LogP) is 3.01. The van der Waals surface area contributed by atoms with E-state index in [1.54, 1.807) is 24.4 Å². The van der Waals surface area contributed by atoms with Gasteiger partial charge in [-0.25, -0.2) is 4.98 Å². The molecule has 0 aliphatic heterocycles. The van der Waals surface area contributed by atoms with Crippen LogP contribution in [0, 0.1) is 0 Å². The molecular weight excluding hydrogens is 276 g/mol. The lowest BCUT2D eigenvalue weighted by Crippen LogP contribution is -2.12. The molecule has 0 fully saturated rings. The van der Waals surface area contributed by atoms with Crippen LogP contribution >= 0.6 is 35.2 Å². The highest BCUT2D eigenvalue weighted by molar-refractivity contribution is 7.80. The highest BCUT2D eigenvalue weighted by Gasteiger charge is 2.11. The van der Waals surface area contributed by atoms with Crippen LogP contribution in [0.3, 0.4) is 0 Å². The van der Waals surface area contributed by atoms with Gasteiger partial charge in [0, 0.05) is 11.6 Å². The fourth-order valence-electron chi connectivity index (χ4n) is 1.33. The van der Waals surface area contributed by atoms with Crippen molar-refractivity contribution in [2.45, 2.75) is 6.61 Å². The number of benzene rings is 1. The molecule has 0 amide bonds. The van der Waals surface area contributed by atoms with Gasteiger partial charge in [0.25, 0.3) is 0 Å². The Balaban J connectivity index is 2.21. The Labute approximate surface area is 113 Å². The van der Waals surface area contributed by atoms with Crippen LogP contribution in [-0.2, 0) is 6.61 Å². The summed E-state index contributed by atoms with van der Waals surface area (Å²) in [6, 6.07) is 5.31. The van der Waals surface area contributed by atoms with E-state index in [0.717, 1.165) is 5.01 Å². The van der Waals surface area contributed by atoms with E-state index >= 15 is 0 Å². The third kappa shape index (κ3) is 2.94. The lowest BCUT2D eigenvalue weighted by molar-refractivity contribution is 0.305. The fraction of sp³-hybridized carbons (Fsp3) is 0.0909. The highest BCUT2D eigenvalue weighted by atomic mass is 35.5. The molecule has 0 unspecified atom stereocenters. The minimum Gasteiger partial charge on any atom is -0.486 e. The van der Waals surface area contributed by atoms with E-state index in [1.165, 1.54) is 11.3 Å². The van der Waals surface area contributed by atoms with Crippen LogP contribution in [0.5, 0.6) is 5.75 Å². The van der Waals surface area contributed by atoms with Gasteiger partial charge in [-0.3, -0.25) is 0 Å². The van der Waals surface area contributed by atoms with Crippen molar-refractivity contribution in [1.29, 1.82) is 0 Å². The van der Waals surface area contributed by atoms with Gasteiger partial charge in [0.15, 0.2) is 0 Å². The molecule has 2 N–H and O–H groups in total. The number of rotatable bonds is 4. The molecule has 0 spiro atoms. The van der Waals surface area contributed by atoms with Crippen LogP contribution in [-0.4, -0.2) is 9.97 Å². The smallest absolute Gasteiger partial charge is 0.140 e. The summed E-state index contributed by atoms with van der Waals surface area (Å²) in [6.07, 6.45) is 1.73. The van der Waals surface area contributed by atoms with Crippen LogP contribution in [0.15, 0.2) is 29.8 Å². The van der Waals surface area contributed by atoms with Gasteiger partial charge in [0.05, 0.1) is 10.6 Å². The van der Waals surface area contributed by atoms with Crippen molar-refractivity contribution in [3.8, 4) is 5.75 Å². The first-order chi connectivity index (χ1) is 8.18. The quantitative estimate of drug-likeness (QED) is 0.877. The largest absolute Gasteiger partial charge is 0.486 e. The maximum atomic E-state index is 6.02. The number of aromatic nitrogens is 1. The van der Waals surface area contributed by atoms with E-state index in [9.17, 15) is 0 Å². The molecule has 0 atom stereocenters. The lowest BCUT2D eigenvalue weighted by Gasteiger charge is -2.10. The zero-order chi connectivity index (χ0) is 12.3. The third-order valence-corrected chi connectivity index (χ3v) is 3.33. The molecule has 0 aliphatic carbocycles. The van der Waals surface area contributed by atoms with Crippen molar-refractivity contribution in [1.82, 2.24) is 4.98 Å². The van der Waals surface area contributed by atoms with Gasteiger partial charge < -0.3 is 10.5 Å². The zero-order valence-corrected chi connectivity index (χ0v) is 11.1. The second-order valence-corrected chi connectivity index (χ2v) is 5.02. The van der Waals surface area contributed by atoms with E-state index in [1.807, 2.05) is 5.38 Å². The third-order valence-electron chi connectivity index (χ3n) is 2.06. The van der Waals surface area contributed by atoms with Crippen LogP contribution in [0.2, 0.25) is 5.02 Å². The topological polar surface area (TPSA) is 48.1 Å². The van der Waals surface area contributed by atoms with Crippen molar-refractivity contribution >= 4 is 40.1 Å². The average Bonchev–Trinajstić information content (AvgIpc) is 2.78. The highest BCUT2D eigenvalue weighted by Crippen LogP contribution is 2.27. The molecule has 1 heterocycles. The van der Waals surface area contributed by atoms with Crippen molar-refractivity contribution in [2.75, 3.05) is 0 Å². The summed E-state index contributed by atoms with van der Waals surface area (Å²) in [5.74, 6) is 0.584. The molecule has 1 aromatic heterocycles. The van der Waals surface area contributed by atoms with Crippen LogP contribution in [0.25, 0.3) is 0 Å². The van der Waals surface area contributed by atoms with E-state index in [0.29, 0.717) is 22.9 Å². The summed E-state index contributed by atoms with van der Waals surface area (Å²) < 4.78 is 5.62. The lowest BCUT2D eigenvalue weighted by atomic mass is 10.2. The number of nitrogens with two attached hydrogens (primary N) is 1. The van der Waals surface area contributed by atoms with Crippen LogP contribution in [0.1, 0.15) is 10.6 Å². The molecule has 17 heavy (non-hydrogen) atoms. The Bertz CT molecular complexity index is 528. The Morgan fingerprint density at radius 2 is 2.35 bits per heavy atom. The predicted molar refractivity (Wildman–Crippen MR) is 73.8 cm³/mol. The summed E-state index contributed by atoms with van der Waals surface area (Å²) in [7, 11) is 0. The molecule has 0 aliphatic rings. The molecule has 2 rings (SSSR count). The SMILES string of the molecule is NC(=S)c1c(Cl)cccc1OCc1nccs1. The maximum Gasteiger partial charge on any atom is 0.140 e. The summed E-state index contributed by atoms with van der Waals surface area (Å²) in [6.45, 7) is 0.383. The van der Waals surface area contributed by atoms with Crippen molar-refractivity contribution in [3.63, 3.8) is 0 Å². The van der Waals surface area contributed by atoms with Crippen LogP contribution in [0.4, 0.5) is 0 Å². The Hall–Kier alpha value is -1.17. The molecule has 88 valence electrons. The second-order valence-electron chi connectivity index (χ2n) is 3.19. The van der Waals surface area contributed by atoms with Crippen molar-refractivity contribution in [2.24, 2.45) is 5.73 Å². The number of thiocarbonyl (C=S) groups is 1. The molecule has 6 heteroatoms. The Morgan fingerprint density at radius 3 is 3.00 bits per heavy atom. The summed E-state index contributed by atoms with van der Waals surface area (Å²) in [5.41, 5.74) is 6.19. The number of nitrogens with zero attached hydrogens (tertiary/aromatic N) is 1. The molecule has 1 aromatic carbocycles. The van der Waals surface area contributed by atoms with Gasteiger partial charge in [-0.05, 0) is 12.1 Å². The van der Waals surface area contributed by atoms with E-state index in [2.05, 4.69) is 4.98 Å². The second kappa shape index (κ2) is 5.44. The molecule has 0 bridgehead atoms. The standard InChI is InChI=1S/C11H9ClN2OS2/c12-7-2-1-3-8(10(7)11(13)16)15-6-9-14-4-5-17-9/h1-5H,6H2,(H2,13,16). The molecule has 0 radical (unpaired) electrons. The molecule has 3 nitrogen and oxygen atoms in total. The molecule has 2 aromatic rings. The number of ether oxygens (including phenoxy) is 1. The minimum atomic E-state index is 0.227. The molecule has 0 saturated carbocycles. The number of hydrogen-bond donors (Lipinski definition) is 1. The van der Waals surface area contributed by atoms with E-state index < -0.39 is 0 Å². The molecule has 0 saturated heterocycles. The van der Waals surface area contributed by atoms with Gasteiger partial charge in [0.2, 0.25) is 0 Å². The number of hydrogen-bond acceptors (Lipinski definition) is 4. The summed E-state index contributed by atoms with van der Waals surface area (Å²) in [4.78, 5) is 4.35. The Kier molecular flexibility index (Phi) is 3.93. The first-order valence-corrected chi connectivity index (χ1v) is 6.44. The Morgan fingerprint density at radius 1 is 1.53 bits per heavy atom. The van der Waals surface area contributed by atoms with Gasteiger partial charge in [0.1, 0.15) is 22.4 Å². The average molecular weight is 285 g/mol. The minimum absolute atomic E-state index is 0.227. The first-order valence-electron chi connectivity index (χ1n) is 4.78. The first kappa shape index (κ1) is 12.3. The van der Waals surface area contributed by atoms with Gasteiger partial charge in [-0.1, -0.05) is 29.9 Å². The van der Waals surface area contributed by atoms with E-state index in [4.69, 9.17) is 34.3 Å². The van der Waals surface area contributed by atoms with E-state index in [-0.39, 0.29) is 4.99 Å². The number of thiazole rings is 1. The normalized spacial score (nSPS) is 10.2. The molecular formula is C11H9ClN2OS2. The summed E-state index contributed by atoms with van der Waals surface area (Å²) in [5, 5.41) is 3.28. The number of halogens is 1. The van der Waals surface area contributed by atoms with Gasteiger partial charge in [-0.2, -0.15) is 0 Å². The van der Waals surface area contributed by atoms with Crippen LogP contribution < -0.4 is 10.5 Å². The maximum absolute atomic E-state index is 6.02. The monoisotopic (exact) mass is 284 g/mol.